The predicted molar refractivity (Wildman–Crippen MR) is 65.9 cm³/mol. The molecule has 1 aliphatic rings. The molecule has 0 heterocycles. The molecule has 1 aromatic carbocycles. The third-order valence-corrected chi connectivity index (χ3v) is 4.79. The van der Waals surface area contributed by atoms with Crippen molar-refractivity contribution < 1.29 is 26.3 Å². The van der Waals surface area contributed by atoms with Crippen molar-refractivity contribution in [2.75, 3.05) is 6.54 Å². The van der Waals surface area contributed by atoms with Gasteiger partial charge in [-0.05, 0) is 37.4 Å². The van der Waals surface area contributed by atoms with Crippen molar-refractivity contribution in [2.45, 2.75) is 29.3 Å². The Morgan fingerprint density at radius 3 is 2.40 bits per heavy atom. The van der Waals surface area contributed by atoms with E-state index < -0.39 is 20.2 Å². The van der Waals surface area contributed by atoms with Crippen molar-refractivity contribution in [1.82, 2.24) is 0 Å². The van der Waals surface area contributed by atoms with Crippen LogP contribution >= 0.6 is 0 Å². The van der Waals surface area contributed by atoms with Gasteiger partial charge >= 0.3 is 5.51 Å². The highest BCUT2D eigenvalue weighted by Crippen LogP contribution is 2.38. The molecule has 0 saturated heterocycles. The summed E-state index contributed by atoms with van der Waals surface area (Å²) in [4.78, 5) is -0.844. The number of nitrogens with two attached hydrogens (primary N) is 1. The first-order valence-electron chi connectivity index (χ1n) is 6.03. The van der Waals surface area contributed by atoms with E-state index in [1.165, 1.54) is 18.2 Å². The molecule has 1 fully saturated rings. The number of hydrogen-bond donors (Lipinski definition) is 1. The van der Waals surface area contributed by atoms with E-state index in [4.69, 9.17) is 10.5 Å². The Morgan fingerprint density at radius 1 is 1.25 bits per heavy atom. The Hall–Kier alpha value is -1.28. The summed E-state index contributed by atoms with van der Waals surface area (Å²) in [6.07, 6.45) is 0.960. The molecule has 0 amide bonds. The zero-order valence-corrected chi connectivity index (χ0v) is 11.2. The van der Waals surface area contributed by atoms with Crippen molar-refractivity contribution in [1.29, 1.82) is 0 Å². The minimum atomic E-state index is -5.41. The maximum atomic E-state index is 12.6. The average molecular weight is 309 g/mol. The van der Waals surface area contributed by atoms with E-state index in [0.29, 0.717) is 19.4 Å². The van der Waals surface area contributed by atoms with E-state index in [1.807, 2.05) is 0 Å². The second-order valence-corrected chi connectivity index (χ2v) is 6.62. The van der Waals surface area contributed by atoms with Gasteiger partial charge in [-0.1, -0.05) is 12.1 Å². The highest BCUT2D eigenvalue weighted by atomic mass is 32.2. The quantitative estimate of drug-likeness (QED) is 0.924. The van der Waals surface area contributed by atoms with Gasteiger partial charge in [0.1, 0.15) is 10.6 Å². The number of rotatable bonds is 4. The van der Waals surface area contributed by atoms with Crippen LogP contribution in [-0.2, 0) is 9.84 Å². The van der Waals surface area contributed by atoms with Gasteiger partial charge in [-0.25, -0.2) is 8.42 Å². The van der Waals surface area contributed by atoms with E-state index in [-0.39, 0.29) is 17.8 Å². The molecule has 1 aliphatic carbocycles. The maximum Gasteiger partial charge on any atom is 0.502 e. The SMILES string of the molecule is NCC1CC(Oc2ccccc2S(=O)(=O)C(F)(F)F)C1. The van der Waals surface area contributed by atoms with Crippen LogP contribution in [0.15, 0.2) is 29.2 Å². The lowest BCUT2D eigenvalue weighted by molar-refractivity contribution is -0.0438. The average Bonchev–Trinajstić information content (AvgIpc) is 2.32. The van der Waals surface area contributed by atoms with Crippen molar-refractivity contribution in [2.24, 2.45) is 11.7 Å². The Kier molecular flexibility index (Phi) is 3.97. The van der Waals surface area contributed by atoms with E-state index in [1.54, 1.807) is 0 Å². The standard InChI is InChI=1S/C12H14F3NO3S/c13-12(14,15)20(17,18)11-4-2-1-3-10(11)19-9-5-8(6-9)7-16/h1-4,8-9H,5-7,16H2. The summed E-state index contributed by atoms with van der Waals surface area (Å²) >= 11 is 0. The van der Waals surface area contributed by atoms with Gasteiger partial charge in [0.25, 0.3) is 9.84 Å². The van der Waals surface area contributed by atoms with Crippen LogP contribution in [0.25, 0.3) is 0 Å². The van der Waals surface area contributed by atoms with Crippen molar-refractivity contribution in [3.05, 3.63) is 24.3 Å². The monoisotopic (exact) mass is 309 g/mol. The van der Waals surface area contributed by atoms with E-state index >= 15 is 0 Å². The highest BCUT2D eigenvalue weighted by Gasteiger charge is 2.48. The first-order chi connectivity index (χ1) is 9.25. The summed E-state index contributed by atoms with van der Waals surface area (Å²) in [5.74, 6) is 0.0247. The normalized spacial score (nSPS) is 23.2. The third kappa shape index (κ3) is 2.76. The van der Waals surface area contributed by atoms with Gasteiger partial charge < -0.3 is 10.5 Å². The summed E-state index contributed by atoms with van der Waals surface area (Å²) in [6, 6.07) is 4.80. The van der Waals surface area contributed by atoms with Gasteiger partial charge in [0.15, 0.2) is 0 Å². The lowest BCUT2D eigenvalue weighted by Gasteiger charge is -2.34. The largest absolute Gasteiger partial charge is 0.502 e. The smallest absolute Gasteiger partial charge is 0.489 e. The van der Waals surface area contributed by atoms with Crippen LogP contribution in [0.5, 0.6) is 5.75 Å². The molecule has 0 atom stereocenters. The van der Waals surface area contributed by atoms with Crippen molar-refractivity contribution >= 4 is 9.84 Å². The Labute approximate surface area is 114 Å². The molecular weight excluding hydrogens is 295 g/mol. The third-order valence-electron chi connectivity index (χ3n) is 3.26. The summed E-state index contributed by atoms with van der Waals surface area (Å²) in [5.41, 5.74) is 0.104. The van der Waals surface area contributed by atoms with Gasteiger partial charge in [0.2, 0.25) is 0 Å². The molecule has 8 heteroatoms. The first kappa shape index (κ1) is 15.1. The van der Waals surface area contributed by atoms with Crippen LogP contribution in [0, 0.1) is 5.92 Å². The van der Waals surface area contributed by atoms with Gasteiger partial charge in [0.05, 0.1) is 6.10 Å². The van der Waals surface area contributed by atoms with E-state index in [9.17, 15) is 21.6 Å². The van der Waals surface area contributed by atoms with Crippen LogP contribution in [0.2, 0.25) is 0 Å². The van der Waals surface area contributed by atoms with E-state index in [2.05, 4.69) is 0 Å². The zero-order valence-electron chi connectivity index (χ0n) is 10.4. The second-order valence-electron chi connectivity index (χ2n) is 4.71. The van der Waals surface area contributed by atoms with Crippen LogP contribution in [0.1, 0.15) is 12.8 Å². The molecule has 4 nitrogen and oxygen atoms in total. The fourth-order valence-corrected chi connectivity index (χ4v) is 2.93. The minimum absolute atomic E-state index is 0.259. The summed E-state index contributed by atoms with van der Waals surface area (Å²) < 4.78 is 66.0. The molecule has 1 aromatic rings. The Balaban J connectivity index is 2.24. The van der Waals surface area contributed by atoms with Gasteiger partial charge in [-0.3, -0.25) is 0 Å². The number of benzene rings is 1. The number of sulfone groups is 1. The molecule has 2 rings (SSSR count). The molecular formula is C12H14F3NO3S. The fraction of sp³-hybridized carbons (Fsp3) is 0.500. The molecule has 0 aliphatic heterocycles. The van der Waals surface area contributed by atoms with Gasteiger partial charge in [0, 0.05) is 0 Å². The first-order valence-corrected chi connectivity index (χ1v) is 7.51. The molecule has 1 saturated carbocycles. The highest BCUT2D eigenvalue weighted by molar-refractivity contribution is 7.92. The second kappa shape index (κ2) is 5.25. The van der Waals surface area contributed by atoms with Gasteiger partial charge in [-0.2, -0.15) is 13.2 Å². The number of para-hydroxylation sites is 1. The summed E-state index contributed by atoms with van der Waals surface area (Å²) in [6.45, 7) is 0.488. The molecule has 0 bridgehead atoms. The molecule has 0 spiro atoms. The lowest BCUT2D eigenvalue weighted by Crippen LogP contribution is -2.38. The van der Waals surface area contributed by atoms with Crippen molar-refractivity contribution in [3.63, 3.8) is 0 Å². The topological polar surface area (TPSA) is 69.4 Å². The Morgan fingerprint density at radius 2 is 1.85 bits per heavy atom. The number of ether oxygens (including phenoxy) is 1. The fourth-order valence-electron chi connectivity index (χ4n) is 2.04. The van der Waals surface area contributed by atoms with Crippen LogP contribution < -0.4 is 10.5 Å². The van der Waals surface area contributed by atoms with Crippen LogP contribution in [-0.4, -0.2) is 26.6 Å². The number of alkyl halides is 3. The van der Waals surface area contributed by atoms with Crippen LogP contribution in [0.4, 0.5) is 13.2 Å². The molecule has 112 valence electrons. The maximum absolute atomic E-state index is 12.6. The molecule has 2 N–H and O–H groups in total. The zero-order chi connectivity index (χ0) is 15.0. The predicted octanol–water partition coefficient (Wildman–Crippen LogP) is 2.10. The number of hydrogen-bond acceptors (Lipinski definition) is 4. The number of halogens is 3. The molecule has 0 unspecified atom stereocenters. The summed E-state index contributed by atoms with van der Waals surface area (Å²) in [5, 5.41) is 0. The Bertz CT molecular complexity index is 580. The van der Waals surface area contributed by atoms with E-state index in [0.717, 1.165) is 6.07 Å². The minimum Gasteiger partial charge on any atom is -0.489 e. The molecule has 0 radical (unpaired) electrons. The molecule has 20 heavy (non-hydrogen) atoms. The van der Waals surface area contributed by atoms with Crippen molar-refractivity contribution in [3.8, 4) is 5.75 Å². The lowest BCUT2D eigenvalue weighted by atomic mass is 9.82. The van der Waals surface area contributed by atoms with Crippen LogP contribution in [0.3, 0.4) is 0 Å². The van der Waals surface area contributed by atoms with Gasteiger partial charge in [-0.15, -0.1) is 0 Å². The molecule has 0 aromatic heterocycles. The summed E-state index contributed by atoms with van der Waals surface area (Å²) in [7, 11) is -5.41.